The van der Waals surface area contributed by atoms with Crippen LogP contribution in [-0.4, -0.2) is 23.4 Å². The van der Waals surface area contributed by atoms with E-state index in [1.807, 2.05) is 0 Å². The van der Waals surface area contributed by atoms with Gasteiger partial charge < -0.3 is 10.1 Å². The summed E-state index contributed by atoms with van der Waals surface area (Å²) in [4.78, 5) is 33.5. The Labute approximate surface area is 152 Å². The maximum Gasteiger partial charge on any atom is 0.338 e. The van der Waals surface area contributed by atoms with Crippen LogP contribution in [0.1, 0.15) is 15.9 Å². The summed E-state index contributed by atoms with van der Waals surface area (Å²) < 4.78 is 4.85. The van der Waals surface area contributed by atoms with E-state index in [1.165, 1.54) is 24.3 Å². The first-order valence-electron chi connectivity index (χ1n) is 6.99. The highest BCUT2D eigenvalue weighted by Crippen LogP contribution is 2.20. The van der Waals surface area contributed by atoms with Gasteiger partial charge in [0.1, 0.15) is 0 Å². The maximum absolute atomic E-state index is 11.8. The van der Waals surface area contributed by atoms with Crippen LogP contribution in [0, 0.1) is 10.1 Å². The van der Waals surface area contributed by atoms with Crippen molar-refractivity contribution in [2.75, 3.05) is 6.61 Å². The third kappa shape index (κ3) is 5.44. The molecule has 1 N–H and O–H groups in total. The van der Waals surface area contributed by atoms with Crippen molar-refractivity contribution in [1.82, 2.24) is 5.32 Å². The van der Waals surface area contributed by atoms with E-state index in [0.29, 0.717) is 15.6 Å². The molecule has 2 aromatic carbocycles. The topological polar surface area (TPSA) is 98.5 Å². The molecule has 0 atom stereocenters. The summed E-state index contributed by atoms with van der Waals surface area (Å²) in [5, 5.41) is 14.0. The largest absolute Gasteiger partial charge is 0.452 e. The van der Waals surface area contributed by atoms with Crippen LogP contribution in [0.25, 0.3) is 0 Å². The highest BCUT2D eigenvalue weighted by molar-refractivity contribution is 6.35. The standard InChI is InChI=1S/C16H12Cl2N2O5/c17-12-4-1-11(14(18)7-12)8-19-15(21)9-25-16(22)10-2-5-13(6-3-10)20(23)24/h1-7H,8-9H2,(H,19,21). The average Bonchev–Trinajstić information content (AvgIpc) is 2.59. The number of amides is 1. The second-order valence-electron chi connectivity index (χ2n) is 4.89. The van der Waals surface area contributed by atoms with Gasteiger partial charge in [-0.25, -0.2) is 4.79 Å². The molecule has 0 aliphatic rings. The summed E-state index contributed by atoms with van der Waals surface area (Å²) >= 11 is 11.8. The first kappa shape index (κ1) is 18.7. The number of nitrogens with one attached hydrogen (secondary N) is 1. The van der Waals surface area contributed by atoms with Gasteiger partial charge >= 0.3 is 5.97 Å². The molecule has 0 aliphatic carbocycles. The number of non-ortho nitro benzene ring substituents is 1. The van der Waals surface area contributed by atoms with E-state index in [9.17, 15) is 19.7 Å². The number of carbonyl (C=O) groups is 2. The van der Waals surface area contributed by atoms with E-state index in [0.717, 1.165) is 0 Å². The summed E-state index contributed by atoms with van der Waals surface area (Å²) in [7, 11) is 0. The molecule has 2 rings (SSSR count). The number of rotatable bonds is 6. The number of hydrogen-bond donors (Lipinski definition) is 1. The number of halogens is 2. The van der Waals surface area contributed by atoms with Gasteiger partial charge in [-0.3, -0.25) is 14.9 Å². The third-order valence-corrected chi connectivity index (χ3v) is 3.73. The lowest BCUT2D eigenvalue weighted by molar-refractivity contribution is -0.384. The lowest BCUT2D eigenvalue weighted by Crippen LogP contribution is -2.28. The van der Waals surface area contributed by atoms with Crippen molar-refractivity contribution >= 4 is 40.8 Å². The van der Waals surface area contributed by atoms with Gasteiger partial charge in [-0.05, 0) is 29.8 Å². The second kappa shape index (κ2) is 8.46. The van der Waals surface area contributed by atoms with E-state index in [1.54, 1.807) is 18.2 Å². The van der Waals surface area contributed by atoms with E-state index < -0.39 is 23.4 Å². The summed E-state index contributed by atoms with van der Waals surface area (Å²) in [5.41, 5.74) is 0.634. The number of hydrogen-bond acceptors (Lipinski definition) is 5. The van der Waals surface area contributed by atoms with Crippen molar-refractivity contribution in [3.8, 4) is 0 Å². The van der Waals surface area contributed by atoms with Crippen LogP contribution in [0.3, 0.4) is 0 Å². The van der Waals surface area contributed by atoms with Gasteiger partial charge in [-0.1, -0.05) is 29.3 Å². The molecule has 130 valence electrons. The summed E-state index contributed by atoms with van der Waals surface area (Å²) in [6, 6.07) is 9.74. The molecule has 1 amide bonds. The van der Waals surface area contributed by atoms with E-state index in [2.05, 4.69) is 5.32 Å². The van der Waals surface area contributed by atoms with Gasteiger partial charge in [0.2, 0.25) is 0 Å². The fraction of sp³-hybridized carbons (Fsp3) is 0.125. The number of nitro benzene ring substituents is 1. The van der Waals surface area contributed by atoms with Crippen molar-refractivity contribution < 1.29 is 19.2 Å². The first-order chi connectivity index (χ1) is 11.9. The predicted octanol–water partition coefficient (Wildman–Crippen LogP) is 3.37. The quantitative estimate of drug-likeness (QED) is 0.469. The zero-order chi connectivity index (χ0) is 18.4. The van der Waals surface area contributed by atoms with Crippen LogP contribution in [0.15, 0.2) is 42.5 Å². The molecule has 0 unspecified atom stereocenters. The first-order valence-corrected chi connectivity index (χ1v) is 7.74. The lowest BCUT2D eigenvalue weighted by atomic mass is 10.2. The van der Waals surface area contributed by atoms with Crippen LogP contribution in [0.4, 0.5) is 5.69 Å². The molecule has 0 spiro atoms. The summed E-state index contributed by atoms with van der Waals surface area (Å²) in [5.74, 6) is -1.27. The molecule has 0 aromatic heterocycles. The molecule has 0 fully saturated rings. The zero-order valence-corrected chi connectivity index (χ0v) is 14.2. The Bertz CT molecular complexity index is 809. The SMILES string of the molecule is O=C(COC(=O)c1ccc([N+](=O)[O-])cc1)NCc1ccc(Cl)cc1Cl. The van der Waals surface area contributed by atoms with Gasteiger partial charge in [0.05, 0.1) is 10.5 Å². The van der Waals surface area contributed by atoms with Gasteiger partial charge in [0, 0.05) is 28.7 Å². The fourth-order valence-corrected chi connectivity index (χ4v) is 2.32. The van der Waals surface area contributed by atoms with E-state index >= 15 is 0 Å². The van der Waals surface area contributed by atoms with E-state index in [-0.39, 0.29) is 17.8 Å². The number of nitro groups is 1. The molecule has 0 bridgehead atoms. The maximum atomic E-state index is 11.8. The molecule has 0 heterocycles. The molecule has 25 heavy (non-hydrogen) atoms. The van der Waals surface area contributed by atoms with Crippen LogP contribution in [0.2, 0.25) is 10.0 Å². The molecule has 0 radical (unpaired) electrons. The van der Waals surface area contributed by atoms with E-state index in [4.69, 9.17) is 27.9 Å². The lowest BCUT2D eigenvalue weighted by Gasteiger charge is -2.08. The molecule has 2 aromatic rings. The van der Waals surface area contributed by atoms with Crippen LogP contribution >= 0.6 is 23.2 Å². The second-order valence-corrected chi connectivity index (χ2v) is 5.74. The predicted molar refractivity (Wildman–Crippen MR) is 91.7 cm³/mol. The van der Waals surface area contributed by atoms with Crippen molar-refractivity contribution in [1.29, 1.82) is 0 Å². The molecule has 0 aliphatic heterocycles. The molecular weight excluding hydrogens is 371 g/mol. The Morgan fingerprint density at radius 1 is 1.12 bits per heavy atom. The number of benzene rings is 2. The van der Waals surface area contributed by atoms with Gasteiger partial charge in [-0.15, -0.1) is 0 Å². The fourth-order valence-electron chi connectivity index (χ4n) is 1.84. The molecule has 9 heteroatoms. The highest BCUT2D eigenvalue weighted by Gasteiger charge is 2.12. The highest BCUT2D eigenvalue weighted by atomic mass is 35.5. The normalized spacial score (nSPS) is 10.2. The smallest absolute Gasteiger partial charge is 0.338 e. The Morgan fingerprint density at radius 2 is 1.80 bits per heavy atom. The Morgan fingerprint density at radius 3 is 2.40 bits per heavy atom. The third-order valence-electron chi connectivity index (χ3n) is 3.14. The number of nitrogens with zero attached hydrogens (tertiary/aromatic N) is 1. The Kier molecular flexibility index (Phi) is 6.32. The zero-order valence-electron chi connectivity index (χ0n) is 12.7. The summed E-state index contributed by atoms with van der Waals surface area (Å²) in [6.45, 7) is -0.328. The van der Waals surface area contributed by atoms with Crippen molar-refractivity contribution in [3.05, 3.63) is 73.8 Å². The minimum Gasteiger partial charge on any atom is -0.452 e. The Hall–Kier alpha value is -2.64. The monoisotopic (exact) mass is 382 g/mol. The number of esters is 1. The number of carbonyl (C=O) groups excluding carboxylic acids is 2. The van der Waals surface area contributed by atoms with Crippen LogP contribution in [-0.2, 0) is 16.1 Å². The van der Waals surface area contributed by atoms with Gasteiger partial charge in [0.25, 0.3) is 11.6 Å². The van der Waals surface area contributed by atoms with Crippen LogP contribution in [0.5, 0.6) is 0 Å². The molecule has 0 saturated carbocycles. The molecule has 7 nitrogen and oxygen atoms in total. The van der Waals surface area contributed by atoms with Gasteiger partial charge in [0.15, 0.2) is 6.61 Å². The summed E-state index contributed by atoms with van der Waals surface area (Å²) in [6.07, 6.45) is 0. The average molecular weight is 383 g/mol. The van der Waals surface area contributed by atoms with Crippen LogP contribution < -0.4 is 5.32 Å². The van der Waals surface area contributed by atoms with Crippen molar-refractivity contribution in [2.24, 2.45) is 0 Å². The van der Waals surface area contributed by atoms with Gasteiger partial charge in [-0.2, -0.15) is 0 Å². The number of ether oxygens (including phenoxy) is 1. The Balaban J connectivity index is 1.82. The molecule has 0 saturated heterocycles. The van der Waals surface area contributed by atoms with Crippen molar-refractivity contribution in [2.45, 2.75) is 6.54 Å². The minimum atomic E-state index is -0.755. The minimum absolute atomic E-state index is 0.110. The molecular formula is C16H12Cl2N2O5. The van der Waals surface area contributed by atoms with Crippen molar-refractivity contribution in [3.63, 3.8) is 0 Å².